The van der Waals surface area contributed by atoms with Crippen LogP contribution in [0.3, 0.4) is 0 Å². The lowest BCUT2D eigenvalue weighted by Crippen LogP contribution is -2.12. The number of benzene rings is 1. The minimum absolute atomic E-state index is 0.395. The van der Waals surface area contributed by atoms with Crippen molar-refractivity contribution in [3.8, 4) is 5.75 Å². The summed E-state index contributed by atoms with van der Waals surface area (Å²) in [4.78, 5) is 10.7. The molecule has 0 saturated carbocycles. The molecular weight excluding hydrogens is 260 g/mol. The molecule has 0 aliphatic rings. The summed E-state index contributed by atoms with van der Waals surface area (Å²) in [5, 5.41) is 8.81. The average Bonchev–Trinajstić information content (AvgIpc) is 2.21. The van der Waals surface area contributed by atoms with Gasteiger partial charge < -0.3 is 9.84 Å². The molecule has 0 amide bonds. The Bertz CT molecular complexity index is 363. The van der Waals surface area contributed by atoms with Crippen molar-refractivity contribution in [1.82, 2.24) is 0 Å². The van der Waals surface area contributed by atoms with E-state index < -0.39 is 11.9 Å². The number of hydrogen-bond acceptors (Lipinski definition) is 2. The molecule has 3 nitrogen and oxygen atoms in total. The van der Waals surface area contributed by atoms with E-state index in [1.165, 1.54) is 0 Å². The largest absolute Gasteiger partial charge is 0.497 e. The summed E-state index contributed by atoms with van der Waals surface area (Å²) >= 11 is 3.39. The Morgan fingerprint density at radius 3 is 2.80 bits per heavy atom. The SMILES string of the molecule is COc1ccc(Br)c(CC(C)C(=O)O)c1. The summed E-state index contributed by atoms with van der Waals surface area (Å²) in [6.07, 6.45) is 0.493. The molecule has 4 heteroatoms. The summed E-state index contributed by atoms with van der Waals surface area (Å²) in [7, 11) is 1.59. The van der Waals surface area contributed by atoms with Gasteiger partial charge in [-0.05, 0) is 30.2 Å². The molecule has 0 aliphatic carbocycles. The molecule has 0 fully saturated rings. The third-order valence-corrected chi connectivity index (χ3v) is 2.97. The minimum atomic E-state index is -0.787. The highest BCUT2D eigenvalue weighted by molar-refractivity contribution is 9.10. The van der Waals surface area contributed by atoms with Gasteiger partial charge in [-0.1, -0.05) is 22.9 Å². The average molecular weight is 273 g/mol. The van der Waals surface area contributed by atoms with Crippen molar-refractivity contribution in [3.63, 3.8) is 0 Å². The van der Waals surface area contributed by atoms with E-state index in [9.17, 15) is 4.79 Å². The van der Waals surface area contributed by atoms with E-state index in [1.54, 1.807) is 14.0 Å². The fourth-order valence-corrected chi connectivity index (χ4v) is 1.66. The molecule has 0 saturated heterocycles. The molecule has 0 bridgehead atoms. The van der Waals surface area contributed by atoms with E-state index in [-0.39, 0.29) is 0 Å². The summed E-state index contributed by atoms with van der Waals surface area (Å²) in [5.41, 5.74) is 0.948. The van der Waals surface area contributed by atoms with Gasteiger partial charge in [0.25, 0.3) is 0 Å². The highest BCUT2D eigenvalue weighted by atomic mass is 79.9. The molecule has 15 heavy (non-hydrogen) atoms. The van der Waals surface area contributed by atoms with Crippen molar-refractivity contribution in [3.05, 3.63) is 28.2 Å². The van der Waals surface area contributed by atoms with E-state index in [1.807, 2.05) is 18.2 Å². The van der Waals surface area contributed by atoms with E-state index in [0.717, 1.165) is 15.8 Å². The standard InChI is InChI=1S/C11H13BrO3/c1-7(11(13)14)5-8-6-9(15-2)3-4-10(8)12/h3-4,6-7H,5H2,1-2H3,(H,13,14). The van der Waals surface area contributed by atoms with Crippen molar-refractivity contribution in [1.29, 1.82) is 0 Å². The molecule has 1 N–H and O–H groups in total. The van der Waals surface area contributed by atoms with Crippen LogP contribution in [0.15, 0.2) is 22.7 Å². The fourth-order valence-electron chi connectivity index (χ4n) is 1.25. The highest BCUT2D eigenvalue weighted by Gasteiger charge is 2.13. The lowest BCUT2D eigenvalue weighted by molar-refractivity contribution is -0.141. The van der Waals surface area contributed by atoms with Crippen LogP contribution in [0.5, 0.6) is 5.75 Å². The molecule has 1 rings (SSSR count). The third kappa shape index (κ3) is 3.23. The Hall–Kier alpha value is -1.03. The second-order valence-electron chi connectivity index (χ2n) is 3.40. The number of methoxy groups -OCH3 is 1. The van der Waals surface area contributed by atoms with Crippen LogP contribution in [0.25, 0.3) is 0 Å². The van der Waals surface area contributed by atoms with Crippen LogP contribution in [0, 0.1) is 5.92 Å². The zero-order valence-electron chi connectivity index (χ0n) is 8.66. The molecule has 0 aliphatic heterocycles. The predicted molar refractivity (Wildman–Crippen MR) is 61.2 cm³/mol. The first-order valence-corrected chi connectivity index (χ1v) is 5.39. The molecule has 0 radical (unpaired) electrons. The van der Waals surface area contributed by atoms with Crippen LogP contribution in [0.1, 0.15) is 12.5 Å². The number of rotatable bonds is 4. The van der Waals surface area contributed by atoms with Crippen LogP contribution >= 0.6 is 15.9 Å². The molecule has 1 aromatic rings. The number of carboxylic acid groups (broad SMARTS) is 1. The first-order valence-electron chi connectivity index (χ1n) is 4.59. The molecule has 0 spiro atoms. The second-order valence-corrected chi connectivity index (χ2v) is 4.26. The van der Waals surface area contributed by atoms with Gasteiger partial charge in [0.1, 0.15) is 5.75 Å². The van der Waals surface area contributed by atoms with Crippen LogP contribution in [-0.4, -0.2) is 18.2 Å². The van der Waals surface area contributed by atoms with Crippen molar-refractivity contribution in [2.75, 3.05) is 7.11 Å². The third-order valence-electron chi connectivity index (χ3n) is 2.20. The number of carbonyl (C=O) groups is 1. The summed E-state index contributed by atoms with van der Waals surface area (Å²) in [5.74, 6) is -0.441. The summed E-state index contributed by atoms with van der Waals surface area (Å²) < 4.78 is 6.00. The topological polar surface area (TPSA) is 46.5 Å². The summed E-state index contributed by atoms with van der Waals surface area (Å²) in [6, 6.07) is 5.55. The molecule has 1 unspecified atom stereocenters. The normalized spacial score (nSPS) is 12.2. The zero-order chi connectivity index (χ0) is 11.4. The Kier molecular flexibility index (Phi) is 4.15. The van der Waals surface area contributed by atoms with E-state index in [0.29, 0.717) is 6.42 Å². The van der Waals surface area contributed by atoms with E-state index in [2.05, 4.69) is 15.9 Å². The number of carboxylic acids is 1. The highest BCUT2D eigenvalue weighted by Crippen LogP contribution is 2.24. The number of aliphatic carboxylic acids is 1. The van der Waals surface area contributed by atoms with Gasteiger partial charge >= 0.3 is 5.97 Å². The van der Waals surface area contributed by atoms with Crippen LogP contribution in [0.4, 0.5) is 0 Å². The van der Waals surface area contributed by atoms with Gasteiger partial charge in [-0.15, -0.1) is 0 Å². The smallest absolute Gasteiger partial charge is 0.306 e. The first-order chi connectivity index (χ1) is 7.04. The molecule has 0 aromatic heterocycles. The van der Waals surface area contributed by atoms with Crippen molar-refractivity contribution >= 4 is 21.9 Å². The Labute approximate surface area is 97.2 Å². The fraction of sp³-hybridized carbons (Fsp3) is 0.364. The Morgan fingerprint density at radius 1 is 1.60 bits per heavy atom. The molecular formula is C11H13BrO3. The lowest BCUT2D eigenvalue weighted by atomic mass is 10.0. The van der Waals surface area contributed by atoms with Crippen molar-refractivity contribution in [2.24, 2.45) is 5.92 Å². The molecule has 1 atom stereocenters. The van der Waals surface area contributed by atoms with Gasteiger partial charge in [-0.2, -0.15) is 0 Å². The monoisotopic (exact) mass is 272 g/mol. The quantitative estimate of drug-likeness (QED) is 0.917. The molecule has 0 heterocycles. The summed E-state index contributed by atoms with van der Waals surface area (Å²) in [6.45, 7) is 1.69. The molecule has 82 valence electrons. The van der Waals surface area contributed by atoms with E-state index >= 15 is 0 Å². The lowest BCUT2D eigenvalue weighted by Gasteiger charge is -2.09. The maximum absolute atomic E-state index is 10.7. The minimum Gasteiger partial charge on any atom is -0.497 e. The predicted octanol–water partition coefficient (Wildman–Crippen LogP) is 2.72. The van der Waals surface area contributed by atoms with Crippen LogP contribution in [-0.2, 0) is 11.2 Å². The zero-order valence-corrected chi connectivity index (χ0v) is 10.2. The van der Waals surface area contributed by atoms with Gasteiger partial charge in [0.2, 0.25) is 0 Å². The Morgan fingerprint density at radius 2 is 2.27 bits per heavy atom. The number of ether oxygens (including phenoxy) is 1. The van der Waals surface area contributed by atoms with Gasteiger partial charge in [0.05, 0.1) is 13.0 Å². The van der Waals surface area contributed by atoms with Gasteiger partial charge in [0, 0.05) is 4.47 Å². The van der Waals surface area contributed by atoms with Crippen molar-refractivity contribution < 1.29 is 14.6 Å². The van der Waals surface area contributed by atoms with Gasteiger partial charge in [0.15, 0.2) is 0 Å². The molecule has 1 aromatic carbocycles. The first kappa shape index (κ1) is 12.0. The number of hydrogen-bond donors (Lipinski definition) is 1. The second kappa shape index (κ2) is 5.16. The Balaban J connectivity index is 2.88. The van der Waals surface area contributed by atoms with Crippen molar-refractivity contribution in [2.45, 2.75) is 13.3 Å². The van der Waals surface area contributed by atoms with Crippen LogP contribution in [0.2, 0.25) is 0 Å². The maximum Gasteiger partial charge on any atom is 0.306 e. The maximum atomic E-state index is 10.7. The van der Waals surface area contributed by atoms with Crippen LogP contribution < -0.4 is 4.74 Å². The van der Waals surface area contributed by atoms with E-state index in [4.69, 9.17) is 9.84 Å². The van der Waals surface area contributed by atoms with Gasteiger partial charge in [-0.25, -0.2) is 0 Å². The number of halogens is 1. The van der Waals surface area contributed by atoms with Gasteiger partial charge in [-0.3, -0.25) is 4.79 Å².